The Kier molecular flexibility index (Phi) is 6.37. The molecule has 7 nitrogen and oxygen atoms in total. The molecule has 148 valence electrons. The van der Waals surface area contributed by atoms with Crippen molar-refractivity contribution in [1.29, 1.82) is 0 Å². The van der Waals surface area contributed by atoms with E-state index in [4.69, 9.17) is 9.47 Å². The molecular formula is C21H25N3O4. The second-order valence-corrected chi connectivity index (χ2v) is 6.66. The van der Waals surface area contributed by atoms with Crippen LogP contribution in [0.15, 0.2) is 48.5 Å². The van der Waals surface area contributed by atoms with Crippen LogP contribution < -0.4 is 25.0 Å². The molecule has 2 aromatic rings. The van der Waals surface area contributed by atoms with Crippen LogP contribution in [0, 0.1) is 5.92 Å². The predicted molar refractivity (Wildman–Crippen MR) is 107 cm³/mol. The summed E-state index contributed by atoms with van der Waals surface area (Å²) in [6, 6.07) is 14.8. The van der Waals surface area contributed by atoms with Crippen molar-refractivity contribution < 1.29 is 19.1 Å². The molecule has 1 heterocycles. The minimum absolute atomic E-state index is 0.0868. The molecule has 0 saturated carbocycles. The number of carbonyl (C=O) groups is 2. The van der Waals surface area contributed by atoms with E-state index in [9.17, 15) is 9.59 Å². The van der Waals surface area contributed by atoms with E-state index in [1.165, 1.54) is 0 Å². The van der Waals surface area contributed by atoms with Gasteiger partial charge >= 0.3 is 6.03 Å². The van der Waals surface area contributed by atoms with E-state index in [0.29, 0.717) is 37.6 Å². The average molecular weight is 383 g/mol. The van der Waals surface area contributed by atoms with Crippen molar-refractivity contribution in [3.8, 4) is 11.5 Å². The van der Waals surface area contributed by atoms with Gasteiger partial charge in [-0.05, 0) is 29.8 Å². The number of ether oxygens (including phenoxy) is 2. The fourth-order valence-corrected chi connectivity index (χ4v) is 3.25. The standard InChI is InChI=1S/C21H25N3O4/c1-27-18-9-8-15(10-19(18)28-2)12-22-21(26)23-13-16-11-20(25)24(14-16)17-6-4-3-5-7-17/h3-10,16H,11-14H2,1-2H3,(H2,22,23,26)/t16-/m1/s1. The molecule has 1 fully saturated rings. The highest BCUT2D eigenvalue weighted by molar-refractivity contribution is 5.95. The predicted octanol–water partition coefficient (Wildman–Crippen LogP) is 2.56. The van der Waals surface area contributed by atoms with E-state index < -0.39 is 0 Å². The van der Waals surface area contributed by atoms with Crippen LogP contribution in [0.25, 0.3) is 0 Å². The maximum atomic E-state index is 12.2. The molecule has 3 amide bonds. The molecule has 0 bridgehead atoms. The highest BCUT2D eigenvalue weighted by Gasteiger charge is 2.30. The van der Waals surface area contributed by atoms with Gasteiger partial charge in [-0.2, -0.15) is 0 Å². The summed E-state index contributed by atoms with van der Waals surface area (Å²) < 4.78 is 10.5. The normalized spacial score (nSPS) is 16.0. The zero-order chi connectivity index (χ0) is 19.9. The van der Waals surface area contributed by atoms with Crippen molar-refractivity contribution in [2.75, 3.05) is 32.2 Å². The van der Waals surface area contributed by atoms with Gasteiger partial charge in [0.15, 0.2) is 11.5 Å². The second kappa shape index (κ2) is 9.12. The van der Waals surface area contributed by atoms with Crippen LogP contribution in [0.5, 0.6) is 11.5 Å². The third kappa shape index (κ3) is 4.73. The molecule has 1 saturated heterocycles. The summed E-state index contributed by atoms with van der Waals surface area (Å²) in [4.78, 5) is 26.1. The Morgan fingerprint density at radius 1 is 1.07 bits per heavy atom. The highest BCUT2D eigenvalue weighted by Crippen LogP contribution is 2.27. The van der Waals surface area contributed by atoms with Gasteiger partial charge in [-0.3, -0.25) is 4.79 Å². The van der Waals surface area contributed by atoms with E-state index in [1.54, 1.807) is 25.2 Å². The summed E-state index contributed by atoms with van der Waals surface area (Å²) in [6.07, 6.45) is 0.435. The molecular weight excluding hydrogens is 358 g/mol. The van der Waals surface area contributed by atoms with Gasteiger partial charge in [-0.15, -0.1) is 0 Å². The minimum atomic E-state index is -0.264. The van der Waals surface area contributed by atoms with Crippen molar-refractivity contribution in [1.82, 2.24) is 10.6 Å². The maximum absolute atomic E-state index is 12.2. The first-order valence-corrected chi connectivity index (χ1v) is 9.18. The third-order valence-electron chi connectivity index (χ3n) is 4.73. The van der Waals surface area contributed by atoms with Gasteiger partial charge in [0.25, 0.3) is 0 Å². The Balaban J connectivity index is 1.45. The van der Waals surface area contributed by atoms with Gasteiger partial charge in [0, 0.05) is 37.7 Å². The van der Waals surface area contributed by atoms with Crippen LogP contribution in [-0.2, 0) is 11.3 Å². The fourth-order valence-electron chi connectivity index (χ4n) is 3.25. The molecule has 0 spiro atoms. The molecule has 0 aliphatic carbocycles. The summed E-state index contributed by atoms with van der Waals surface area (Å²) in [5.74, 6) is 1.44. The Hall–Kier alpha value is -3.22. The first-order chi connectivity index (χ1) is 13.6. The number of nitrogens with one attached hydrogen (secondary N) is 2. The quantitative estimate of drug-likeness (QED) is 0.770. The van der Waals surface area contributed by atoms with Crippen molar-refractivity contribution in [2.24, 2.45) is 5.92 Å². The number of para-hydroxylation sites is 1. The molecule has 2 aromatic carbocycles. The lowest BCUT2D eigenvalue weighted by Gasteiger charge is -2.17. The zero-order valence-corrected chi connectivity index (χ0v) is 16.1. The van der Waals surface area contributed by atoms with Crippen LogP contribution >= 0.6 is 0 Å². The number of carbonyl (C=O) groups excluding carboxylic acids is 2. The van der Waals surface area contributed by atoms with Gasteiger partial charge in [-0.25, -0.2) is 4.79 Å². The van der Waals surface area contributed by atoms with E-state index in [2.05, 4.69) is 10.6 Å². The van der Waals surface area contributed by atoms with Crippen LogP contribution in [0.4, 0.5) is 10.5 Å². The van der Waals surface area contributed by atoms with Crippen LogP contribution in [-0.4, -0.2) is 39.2 Å². The second-order valence-electron chi connectivity index (χ2n) is 6.66. The van der Waals surface area contributed by atoms with Crippen molar-refractivity contribution in [2.45, 2.75) is 13.0 Å². The maximum Gasteiger partial charge on any atom is 0.315 e. The number of anilines is 1. The van der Waals surface area contributed by atoms with Gasteiger partial charge in [0.2, 0.25) is 5.91 Å². The number of urea groups is 1. The molecule has 0 aromatic heterocycles. The average Bonchev–Trinajstić information content (AvgIpc) is 3.11. The fraction of sp³-hybridized carbons (Fsp3) is 0.333. The minimum Gasteiger partial charge on any atom is -0.493 e. The molecule has 0 radical (unpaired) electrons. The first-order valence-electron chi connectivity index (χ1n) is 9.18. The highest BCUT2D eigenvalue weighted by atomic mass is 16.5. The Morgan fingerprint density at radius 2 is 1.82 bits per heavy atom. The number of amides is 3. The summed E-state index contributed by atoms with van der Waals surface area (Å²) in [7, 11) is 3.15. The molecule has 7 heteroatoms. The largest absolute Gasteiger partial charge is 0.493 e. The molecule has 1 atom stereocenters. The molecule has 3 rings (SSSR count). The lowest BCUT2D eigenvalue weighted by Crippen LogP contribution is -2.38. The van der Waals surface area contributed by atoms with E-state index in [0.717, 1.165) is 11.3 Å². The van der Waals surface area contributed by atoms with E-state index in [-0.39, 0.29) is 17.9 Å². The van der Waals surface area contributed by atoms with Crippen molar-refractivity contribution in [3.05, 3.63) is 54.1 Å². The smallest absolute Gasteiger partial charge is 0.315 e. The van der Waals surface area contributed by atoms with Crippen molar-refractivity contribution in [3.63, 3.8) is 0 Å². The molecule has 1 aliphatic rings. The number of benzene rings is 2. The lowest BCUT2D eigenvalue weighted by atomic mass is 10.1. The molecule has 0 unspecified atom stereocenters. The SMILES string of the molecule is COc1ccc(CNC(=O)NC[C@H]2CC(=O)N(c3ccccc3)C2)cc1OC. The first kappa shape index (κ1) is 19.5. The van der Waals surface area contributed by atoms with Crippen LogP contribution in [0.3, 0.4) is 0 Å². The Labute approximate surface area is 164 Å². The topological polar surface area (TPSA) is 79.9 Å². The van der Waals surface area contributed by atoms with Crippen LogP contribution in [0.1, 0.15) is 12.0 Å². The Bertz CT molecular complexity index is 826. The number of nitrogens with zero attached hydrogens (tertiary/aromatic N) is 1. The zero-order valence-electron chi connectivity index (χ0n) is 16.1. The lowest BCUT2D eigenvalue weighted by molar-refractivity contribution is -0.117. The van der Waals surface area contributed by atoms with Crippen LogP contribution in [0.2, 0.25) is 0 Å². The summed E-state index contributed by atoms with van der Waals surface area (Å²) >= 11 is 0. The molecule has 28 heavy (non-hydrogen) atoms. The van der Waals surface area contributed by atoms with Gasteiger partial charge < -0.3 is 25.0 Å². The van der Waals surface area contributed by atoms with Gasteiger partial charge in [-0.1, -0.05) is 24.3 Å². The third-order valence-corrected chi connectivity index (χ3v) is 4.73. The van der Waals surface area contributed by atoms with Gasteiger partial charge in [0.1, 0.15) is 0 Å². The van der Waals surface area contributed by atoms with E-state index >= 15 is 0 Å². The number of hydrogen-bond donors (Lipinski definition) is 2. The number of methoxy groups -OCH3 is 2. The number of rotatable bonds is 7. The van der Waals surface area contributed by atoms with Gasteiger partial charge in [0.05, 0.1) is 14.2 Å². The summed E-state index contributed by atoms with van der Waals surface area (Å²) in [6.45, 7) is 1.43. The number of hydrogen-bond acceptors (Lipinski definition) is 4. The Morgan fingerprint density at radius 3 is 2.54 bits per heavy atom. The monoisotopic (exact) mass is 383 g/mol. The molecule has 2 N–H and O–H groups in total. The molecule has 1 aliphatic heterocycles. The summed E-state index contributed by atoms with van der Waals surface area (Å²) in [5.41, 5.74) is 1.80. The van der Waals surface area contributed by atoms with Crippen molar-refractivity contribution >= 4 is 17.6 Å². The summed E-state index contributed by atoms with van der Waals surface area (Å²) in [5, 5.41) is 5.67. The van der Waals surface area contributed by atoms with E-state index in [1.807, 2.05) is 42.5 Å².